The lowest BCUT2D eigenvalue weighted by Crippen LogP contribution is -2.08. The number of hydrogen-bond donors (Lipinski definition) is 1. The van der Waals surface area contributed by atoms with Gasteiger partial charge in [0.2, 0.25) is 0 Å². The molecule has 0 aliphatic rings. The average molecular weight is 350 g/mol. The van der Waals surface area contributed by atoms with Crippen molar-refractivity contribution in [3.8, 4) is 17.1 Å². The molecule has 0 saturated carbocycles. The number of aryl methyl sites for hydroxylation is 1. The molecule has 0 aliphatic heterocycles. The molecule has 0 spiro atoms. The quantitative estimate of drug-likeness (QED) is 0.718. The second kappa shape index (κ2) is 6.29. The molecule has 2 N–H and O–H groups in total. The Hall–Kier alpha value is -2.32. The van der Waals surface area contributed by atoms with Gasteiger partial charge in [0.1, 0.15) is 0 Å². The molecule has 1 aromatic heterocycles. The van der Waals surface area contributed by atoms with Crippen LogP contribution < -0.4 is 5.14 Å². The number of hydrogen-bond acceptors (Lipinski definition) is 4. The van der Waals surface area contributed by atoms with Gasteiger partial charge in [-0.3, -0.25) is 5.14 Å². The molecule has 0 saturated heterocycles. The van der Waals surface area contributed by atoms with Crippen molar-refractivity contribution in [1.82, 2.24) is 14.8 Å². The van der Waals surface area contributed by atoms with E-state index >= 15 is 0 Å². The first-order chi connectivity index (χ1) is 11.4. The van der Waals surface area contributed by atoms with Gasteiger partial charge in [-0.25, -0.2) is 9.67 Å². The molecule has 3 aromatic rings. The molecule has 0 atom stereocenters. The second-order valence-electron chi connectivity index (χ2n) is 5.15. The van der Waals surface area contributed by atoms with E-state index in [9.17, 15) is 13.2 Å². The van der Waals surface area contributed by atoms with Gasteiger partial charge in [0.25, 0.3) is 5.82 Å². The fourth-order valence-corrected chi connectivity index (χ4v) is 2.46. The van der Waals surface area contributed by atoms with Crippen LogP contribution in [0.25, 0.3) is 17.1 Å². The molecule has 0 unspecified atom stereocenters. The zero-order valence-electron chi connectivity index (χ0n) is 12.6. The summed E-state index contributed by atoms with van der Waals surface area (Å²) >= 11 is 1.06. The van der Waals surface area contributed by atoms with Gasteiger partial charge in [-0.2, -0.15) is 13.2 Å². The molecule has 1 heterocycles. The molecule has 0 aliphatic carbocycles. The molecular formula is C16H13F3N4S. The molecule has 8 heteroatoms. The summed E-state index contributed by atoms with van der Waals surface area (Å²) in [5, 5.41) is 9.12. The van der Waals surface area contributed by atoms with E-state index in [2.05, 4.69) is 10.1 Å². The van der Waals surface area contributed by atoms with Gasteiger partial charge in [0, 0.05) is 10.5 Å². The molecule has 24 heavy (non-hydrogen) atoms. The van der Waals surface area contributed by atoms with Crippen molar-refractivity contribution in [2.45, 2.75) is 18.0 Å². The van der Waals surface area contributed by atoms with Gasteiger partial charge in [-0.1, -0.05) is 29.8 Å². The number of halogens is 3. The standard InChI is InChI=1S/C16H13F3N4S/c1-10-2-4-11(5-3-10)14-21-15(16(17,18)19)22-23(14)12-6-8-13(24-20)9-7-12/h2-9H,20H2,1H3. The van der Waals surface area contributed by atoms with E-state index in [1.807, 2.05) is 19.1 Å². The van der Waals surface area contributed by atoms with Gasteiger partial charge in [-0.15, -0.1) is 5.10 Å². The number of benzene rings is 2. The fourth-order valence-electron chi connectivity index (χ4n) is 2.17. The van der Waals surface area contributed by atoms with Gasteiger partial charge in [-0.05, 0) is 43.1 Å². The highest BCUT2D eigenvalue weighted by Gasteiger charge is 2.37. The van der Waals surface area contributed by atoms with Gasteiger partial charge in [0.15, 0.2) is 5.82 Å². The SMILES string of the molecule is Cc1ccc(-c2nc(C(F)(F)F)nn2-c2ccc(SN)cc2)cc1. The summed E-state index contributed by atoms with van der Waals surface area (Å²) in [5.74, 6) is -1.04. The smallest absolute Gasteiger partial charge is 0.274 e. The van der Waals surface area contributed by atoms with Crippen molar-refractivity contribution in [2.24, 2.45) is 5.14 Å². The van der Waals surface area contributed by atoms with Crippen LogP contribution in [0, 0.1) is 6.92 Å². The molecule has 3 rings (SSSR count). The Labute approximate surface area is 140 Å². The Morgan fingerprint density at radius 2 is 1.62 bits per heavy atom. The Morgan fingerprint density at radius 1 is 1.00 bits per heavy atom. The second-order valence-corrected chi connectivity index (χ2v) is 5.85. The highest BCUT2D eigenvalue weighted by Crippen LogP contribution is 2.30. The maximum absolute atomic E-state index is 13.0. The summed E-state index contributed by atoms with van der Waals surface area (Å²) in [4.78, 5) is 4.50. The predicted octanol–water partition coefficient (Wildman–Crippen LogP) is 4.23. The lowest BCUT2D eigenvalue weighted by molar-refractivity contribution is -0.144. The molecule has 4 nitrogen and oxygen atoms in total. The summed E-state index contributed by atoms with van der Waals surface area (Å²) < 4.78 is 40.3. The summed E-state index contributed by atoms with van der Waals surface area (Å²) in [6.45, 7) is 1.90. The van der Waals surface area contributed by atoms with Crippen molar-refractivity contribution < 1.29 is 13.2 Å². The van der Waals surface area contributed by atoms with E-state index in [-0.39, 0.29) is 5.82 Å². The Bertz CT molecular complexity index is 839. The van der Waals surface area contributed by atoms with Gasteiger partial charge >= 0.3 is 6.18 Å². The highest BCUT2D eigenvalue weighted by atomic mass is 32.2. The minimum atomic E-state index is -4.61. The Balaban J connectivity index is 2.15. The molecule has 124 valence electrons. The monoisotopic (exact) mass is 350 g/mol. The summed E-state index contributed by atoms with van der Waals surface area (Å²) in [7, 11) is 0. The normalized spacial score (nSPS) is 11.7. The first-order valence-electron chi connectivity index (χ1n) is 6.97. The zero-order valence-corrected chi connectivity index (χ0v) is 13.4. The number of nitrogens with two attached hydrogens (primary N) is 1. The van der Waals surface area contributed by atoms with Crippen LogP contribution in [0.3, 0.4) is 0 Å². The average Bonchev–Trinajstić information content (AvgIpc) is 3.01. The lowest BCUT2D eigenvalue weighted by Gasteiger charge is -2.07. The molecule has 0 radical (unpaired) electrons. The Morgan fingerprint density at radius 3 is 2.17 bits per heavy atom. The van der Waals surface area contributed by atoms with E-state index in [1.54, 1.807) is 36.4 Å². The van der Waals surface area contributed by atoms with Crippen LogP contribution in [0.5, 0.6) is 0 Å². The molecule has 0 bridgehead atoms. The van der Waals surface area contributed by atoms with E-state index < -0.39 is 12.0 Å². The minimum absolute atomic E-state index is 0.135. The first kappa shape index (κ1) is 16.5. The summed E-state index contributed by atoms with van der Waals surface area (Å²) in [5.41, 5.74) is 2.04. The Kier molecular flexibility index (Phi) is 4.33. The number of aromatic nitrogens is 3. The minimum Gasteiger partial charge on any atom is -0.274 e. The van der Waals surface area contributed by atoms with Crippen LogP contribution in [0.1, 0.15) is 11.4 Å². The molecule has 2 aromatic carbocycles. The van der Waals surface area contributed by atoms with Crippen molar-refractivity contribution >= 4 is 11.9 Å². The maximum Gasteiger partial charge on any atom is 0.453 e. The van der Waals surface area contributed by atoms with Crippen LogP contribution in [-0.2, 0) is 6.18 Å². The van der Waals surface area contributed by atoms with Gasteiger partial charge in [0.05, 0.1) is 5.69 Å². The van der Waals surface area contributed by atoms with E-state index in [1.165, 1.54) is 4.68 Å². The number of rotatable bonds is 3. The largest absolute Gasteiger partial charge is 0.453 e. The third-order valence-corrected chi connectivity index (χ3v) is 3.93. The predicted molar refractivity (Wildman–Crippen MR) is 86.6 cm³/mol. The topological polar surface area (TPSA) is 56.7 Å². The summed E-state index contributed by atoms with van der Waals surface area (Å²) in [6, 6.07) is 13.8. The van der Waals surface area contributed by atoms with Crippen LogP contribution in [-0.4, -0.2) is 14.8 Å². The van der Waals surface area contributed by atoms with E-state index in [0.717, 1.165) is 22.4 Å². The summed E-state index contributed by atoms with van der Waals surface area (Å²) in [6.07, 6.45) is -4.61. The van der Waals surface area contributed by atoms with Crippen LogP contribution in [0.4, 0.5) is 13.2 Å². The molecule has 0 fully saturated rings. The third-order valence-electron chi connectivity index (χ3n) is 3.39. The third kappa shape index (κ3) is 3.29. The van der Waals surface area contributed by atoms with Crippen molar-refractivity contribution in [2.75, 3.05) is 0 Å². The van der Waals surface area contributed by atoms with Crippen LogP contribution in [0.15, 0.2) is 53.4 Å². The van der Waals surface area contributed by atoms with E-state index in [0.29, 0.717) is 11.3 Å². The van der Waals surface area contributed by atoms with Crippen molar-refractivity contribution in [3.63, 3.8) is 0 Å². The number of alkyl halides is 3. The van der Waals surface area contributed by atoms with Crippen LogP contribution in [0.2, 0.25) is 0 Å². The maximum atomic E-state index is 13.0. The van der Waals surface area contributed by atoms with Crippen molar-refractivity contribution in [3.05, 3.63) is 59.9 Å². The molecule has 0 amide bonds. The van der Waals surface area contributed by atoms with Crippen molar-refractivity contribution in [1.29, 1.82) is 0 Å². The fraction of sp³-hybridized carbons (Fsp3) is 0.125. The van der Waals surface area contributed by atoms with Gasteiger partial charge < -0.3 is 0 Å². The lowest BCUT2D eigenvalue weighted by atomic mass is 10.1. The first-order valence-corrected chi connectivity index (χ1v) is 7.85. The molecular weight excluding hydrogens is 337 g/mol. The van der Waals surface area contributed by atoms with Crippen LogP contribution >= 0.6 is 11.9 Å². The van der Waals surface area contributed by atoms with E-state index in [4.69, 9.17) is 5.14 Å². The highest BCUT2D eigenvalue weighted by molar-refractivity contribution is 7.97. The zero-order chi connectivity index (χ0) is 17.3. The number of nitrogens with zero attached hydrogens (tertiary/aromatic N) is 3.